The molecule has 0 amide bonds. The summed E-state index contributed by atoms with van der Waals surface area (Å²) in [7, 11) is 0. The first-order valence-electron chi connectivity index (χ1n) is 7.00. The minimum absolute atomic E-state index is 0.304. The zero-order chi connectivity index (χ0) is 12.4. The average Bonchev–Trinajstić information content (AvgIpc) is 2.21. The maximum atomic E-state index is 5.80. The fourth-order valence-electron chi connectivity index (χ4n) is 1.67. The van der Waals surface area contributed by atoms with Crippen LogP contribution in [0.15, 0.2) is 0 Å². The first-order valence-corrected chi connectivity index (χ1v) is 7.00. The maximum Gasteiger partial charge on any atom is 0.00482 e. The largest absolute Gasteiger partial charge is 0.328 e. The summed E-state index contributed by atoms with van der Waals surface area (Å²) >= 11 is 0. The van der Waals surface area contributed by atoms with Crippen LogP contribution in [0, 0.1) is 11.8 Å². The van der Waals surface area contributed by atoms with Gasteiger partial charge in [-0.05, 0) is 38.3 Å². The number of rotatable bonds is 10. The van der Waals surface area contributed by atoms with Gasteiger partial charge in [0.25, 0.3) is 0 Å². The monoisotopic (exact) mass is 228 g/mol. The van der Waals surface area contributed by atoms with Crippen molar-refractivity contribution in [1.29, 1.82) is 0 Å². The second kappa shape index (κ2) is 10.1. The van der Waals surface area contributed by atoms with Crippen LogP contribution in [0.2, 0.25) is 0 Å². The van der Waals surface area contributed by atoms with Gasteiger partial charge < -0.3 is 11.1 Å². The SMILES string of the molecule is CC(C)CCCCCCNCC(C)C(C)N. The Labute approximate surface area is 102 Å². The van der Waals surface area contributed by atoms with Crippen molar-refractivity contribution in [2.24, 2.45) is 17.6 Å². The molecule has 0 aromatic rings. The van der Waals surface area contributed by atoms with E-state index in [2.05, 4.69) is 33.0 Å². The standard InChI is InChI=1S/C14H32N2/c1-12(2)9-7-5-6-8-10-16-11-13(3)14(4)15/h12-14,16H,5-11,15H2,1-4H3. The van der Waals surface area contributed by atoms with Gasteiger partial charge in [-0.2, -0.15) is 0 Å². The first-order chi connectivity index (χ1) is 7.54. The molecule has 0 aliphatic carbocycles. The van der Waals surface area contributed by atoms with E-state index in [0.29, 0.717) is 12.0 Å². The summed E-state index contributed by atoms with van der Waals surface area (Å²) in [6, 6.07) is 0.304. The molecule has 0 aromatic heterocycles. The third-order valence-corrected chi connectivity index (χ3v) is 3.25. The maximum absolute atomic E-state index is 5.80. The molecule has 2 heteroatoms. The molecule has 0 fully saturated rings. The van der Waals surface area contributed by atoms with E-state index >= 15 is 0 Å². The van der Waals surface area contributed by atoms with E-state index in [1.165, 1.54) is 32.1 Å². The van der Waals surface area contributed by atoms with Crippen molar-refractivity contribution in [3.63, 3.8) is 0 Å². The molecule has 2 unspecified atom stereocenters. The van der Waals surface area contributed by atoms with Gasteiger partial charge in [-0.25, -0.2) is 0 Å². The Morgan fingerprint density at radius 3 is 2.12 bits per heavy atom. The van der Waals surface area contributed by atoms with Gasteiger partial charge in [0.1, 0.15) is 0 Å². The lowest BCUT2D eigenvalue weighted by Crippen LogP contribution is -2.33. The molecule has 0 aromatic carbocycles. The van der Waals surface area contributed by atoms with Gasteiger partial charge in [0, 0.05) is 6.04 Å². The Balaban J connectivity index is 3.10. The Morgan fingerprint density at radius 1 is 0.938 bits per heavy atom. The van der Waals surface area contributed by atoms with Crippen LogP contribution >= 0.6 is 0 Å². The molecule has 0 bridgehead atoms. The highest BCUT2D eigenvalue weighted by Crippen LogP contribution is 2.09. The van der Waals surface area contributed by atoms with Crippen molar-refractivity contribution in [2.75, 3.05) is 13.1 Å². The highest BCUT2D eigenvalue weighted by atomic mass is 14.9. The fourth-order valence-corrected chi connectivity index (χ4v) is 1.67. The zero-order valence-electron chi connectivity index (χ0n) is 11.8. The molecule has 0 rings (SSSR count). The lowest BCUT2D eigenvalue weighted by molar-refractivity contribution is 0.438. The Kier molecular flexibility index (Phi) is 10.0. The second-order valence-corrected chi connectivity index (χ2v) is 5.64. The molecule has 0 radical (unpaired) electrons. The number of hydrogen-bond acceptors (Lipinski definition) is 2. The zero-order valence-corrected chi connectivity index (χ0v) is 11.8. The van der Waals surface area contributed by atoms with Crippen molar-refractivity contribution in [3.8, 4) is 0 Å². The van der Waals surface area contributed by atoms with Crippen LogP contribution in [0.1, 0.15) is 59.8 Å². The number of nitrogens with two attached hydrogens (primary N) is 1. The molecule has 3 N–H and O–H groups in total. The van der Waals surface area contributed by atoms with Crippen LogP contribution in [0.5, 0.6) is 0 Å². The minimum Gasteiger partial charge on any atom is -0.328 e. The molecule has 0 heterocycles. The molecular formula is C14H32N2. The summed E-state index contributed by atoms with van der Waals surface area (Å²) in [6.07, 6.45) is 6.85. The lowest BCUT2D eigenvalue weighted by atomic mass is 10.0. The van der Waals surface area contributed by atoms with Crippen molar-refractivity contribution in [3.05, 3.63) is 0 Å². The van der Waals surface area contributed by atoms with Gasteiger partial charge in [0.2, 0.25) is 0 Å². The summed E-state index contributed by atoms with van der Waals surface area (Å²) in [4.78, 5) is 0. The smallest absolute Gasteiger partial charge is 0.00482 e. The average molecular weight is 228 g/mol. The van der Waals surface area contributed by atoms with Gasteiger partial charge >= 0.3 is 0 Å². The molecule has 0 spiro atoms. The molecular weight excluding hydrogens is 196 g/mol. The number of hydrogen-bond donors (Lipinski definition) is 2. The topological polar surface area (TPSA) is 38.0 Å². The predicted molar refractivity (Wildman–Crippen MR) is 73.6 cm³/mol. The van der Waals surface area contributed by atoms with Crippen LogP contribution < -0.4 is 11.1 Å². The second-order valence-electron chi connectivity index (χ2n) is 5.64. The molecule has 98 valence electrons. The van der Waals surface area contributed by atoms with Crippen LogP contribution in [-0.4, -0.2) is 19.1 Å². The van der Waals surface area contributed by atoms with Crippen LogP contribution in [-0.2, 0) is 0 Å². The van der Waals surface area contributed by atoms with E-state index in [1.54, 1.807) is 0 Å². The van der Waals surface area contributed by atoms with Crippen LogP contribution in [0.3, 0.4) is 0 Å². The number of unbranched alkanes of at least 4 members (excludes halogenated alkanes) is 3. The van der Waals surface area contributed by atoms with Crippen LogP contribution in [0.25, 0.3) is 0 Å². The minimum atomic E-state index is 0.304. The quantitative estimate of drug-likeness (QED) is 0.564. The van der Waals surface area contributed by atoms with E-state index in [-0.39, 0.29) is 0 Å². The highest BCUT2D eigenvalue weighted by Gasteiger charge is 2.05. The van der Waals surface area contributed by atoms with Gasteiger partial charge in [0.05, 0.1) is 0 Å². The Bertz CT molecular complexity index is 144. The van der Waals surface area contributed by atoms with E-state index in [4.69, 9.17) is 5.73 Å². The molecule has 2 nitrogen and oxygen atoms in total. The van der Waals surface area contributed by atoms with Gasteiger partial charge in [0.15, 0.2) is 0 Å². The van der Waals surface area contributed by atoms with Crippen molar-refractivity contribution in [2.45, 2.75) is 65.8 Å². The molecule has 0 aliphatic heterocycles. The normalized spacial score (nSPS) is 15.4. The summed E-state index contributed by atoms with van der Waals surface area (Å²) in [5.41, 5.74) is 5.80. The Hall–Kier alpha value is -0.0800. The Morgan fingerprint density at radius 2 is 1.56 bits per heavy atom. The molecule has 2 atom stereocenters. The van der Waals surface area contributed by atoms with Crippen molar-refractivity contribution >= 4 is 0 Å². The fraction of sp³-hybridized carbons (Fsp3) is 1.00. The van der Waals surface area contributed by atoms with Gasteiger partial charge in [-0.1, -0.05) is 46.5 Å². The van der Waals surface area contributed by atoms with Crippen LogP contribution in [0.4, 0.5) is 0 Å². The van der Waals surface area contributed by atoms with E-state index in [9.17, 15) is 0 Å². The van der Waals surface area contributed by atoms with E-state index in [1.807, 2.05) is 0 Å². The molecule has 0 saturated carbocycles. The predicted octanol–water partition coefficient (Wildman–Crippen LogP) is 3.17. The van der Waals surface area contributed by atoms with Crippen molar-refractivity contribution < 1.29 is 0 Å². The number of nitrogens with one attached hydrogen (secondary N) is 1. The van der Waals surface area contributed by atoms with Gasteiger partial charge in [-0.15, -0.1) is 0 Å². The summed E-state index contributed by atoms with van der Waals surface area (Å²) < 4.78 is 0. The molecule has 16 heavy (non-hydrogen) atoms. The van der Waals surface area contributed by atoms with E-state index in [0.717, 1.165) is 19.0 Å². The first kappa shape index (κ1) is 15.9. The van der Waals surface area contributed by atoms with E-state index < -0.39 is 0 Å². The summed E-state index contributed by atoms with van der Waals surface area (Å²) in [5.74, 6) is 1.45. The highest BCUT2D eigenvalue weighted by molar-refractivity contribution is 4.65. The lowest BCUT2D eigenvalue weighted by Gasteiger charge is -2.15. The van der Waals surface area contributed by atoms with Crippen molar-refractivity contribution in [1.82, 2.24) is 5.32 Å². The molecule has 0 aliphatic rings. The van der Waals surface area contributed by atoms with Gasteiger partial charge in [-0.3, -0.25) is 0 Å². The molecule has 0 saturated heterocycles. The summed E-state index contributed by atoms with van der Waals surface area (Å²) in [6.45, 7) is 11.1. The third-order valence-electron chi connectivity index (χ3n) is 3.25. The summed E-state index contributed by atoms with van der Waals surface area (Å²) in [5, 5.41) is 3.49. The third kappa shape index (κ3) is 10.4.